The summed E-state index contributed by atoms with van der Waals surface area (Å²) >= 11 is 0. The molecule has 1 amide bonds. The first-order chi connectivity index (χ1) is 36.5. The molecule has 17 nitrogen and oxygen atoms in total. The van der Waals surface area contributed by atoms with E-state index in [1.165, 1.54) is 41.3 Å². The highest BCUT2D eigenvalue weighted by Gasteiger charge is 2.65. The fourth-order valence-corrected chi connectivity index (χ4v) is 10.5. The van der Waals surface area contributed by atoms with E-state index in [0.29, 0.717) is 73.5 Å². The van der Waals surface area contributed by atoms with Crippen molar-refractivity contribution >= 4 is 23.2 Å². The molecule has 1 saturated carbocycles. The summed E-state index contributed by atoms with van der Waals surface area (Å²) in [6.45, 7) is 4.07. The third-order valence-electron chi connectivity index (χ3n) is 13.9. The van der Waals surface area contributed by atoms with Crippen LogP contribution in [0.15, 0.2) is 151 Å². The number of carbonyl (C=O) groups excluding carboxylic acids is 1. The van der Waals surface area contributed by atoms with Crippen molar-refractivity contribution in [1.29, 1.82) is 0 Å². The number of non-ortho nitro benzene ring substituents is 2. The lowest BCUT2D eigenvalue weighted by Crippen LogP contribution is -2.70. The second-order valence-corrected chi connectivity index (χ2v) is 18.7. The van der Waals surface area contributed by atoms with Gasteiger partial charge in [-0.3, -0.25) is 25.1 Å². The molecule has 3 aliphatic rings. The number of nitro benzene ring substituents is 2. The van der Waals surface area contributed by atoms with E-state index < -0.39 is 45.4 Å². The Hall–Kier alpha value is -7.51. The maximum Gasteiger partial charge on any atom is 0.410 e. The number of amides is 1. The molecule has 5 aromatic rings. The van der Waals surface area contributed by atoms with Gasteiger partial charge in [-0.1, -0.05) is 78.7 Å². The summed E-state index contributed by atoms with van der Waals surface area (Å²) in [5, 5.41) is 48.2. The van der Waals surface area contributed by atoms with Gasteiger partial charge < -0.3 is 38.7 Å². The number of aliphatic hydroxyl groups is 2. The van der Waals surface area contributed by atoms with Crippen LogP contribution in [-0.4, -0.2) is 81.6 Å². The lowest BCUT2D eigenvalue weighted by atomic mass is 9.55. The normalized spacial score (nSPS) is 20.9. The Kier molecular flexibility index (Phi) is 18.4. The first kappa shape index (κ1) is 53.8. The number of aliphatic hydroxyl groups excluding tert-OH is 2. The van der Waals surface area contributed by atoms with Gasteiger partial charge in [-0.25, -0.2) is 9.18 Å². The van der Waals surface area contributed by atoms with Gasteiger partial charge in [-0.05, 0) is 108 Å². The molecule has 1 fully saturated rings. The van der Waals surface area contributed by atoms with Crippen molar-refractivity contribution in [2.24, 2.45) is 22.9 Å². The Labute approximate surface area is 434 Å². The van der Waals surface area contributed by atoms with Gasteiger partial charge >= 0.3 is 6.09 Å². The SMILES string of the molecule is C=CCOC12Oc3ccc(Oc4cccc([N+](=O)[O-])c4)cc3C3C(CCCCO)C(CCCCO)C=C(C(=NOCc4ccc([N+](=O)[O-])cc4)CC1N(Cc1ccc(F)cc1)C(=O)OCCOCc1ccccc1)C32. The second-order valence-electron chi connectivity index (χ2n) is 18.7. The highest BCUT2D eigenvalue weighted by Crippen LogP contribution is 2.62. The van der Waals surface area contributed by atoms with Gasteiger partial charge in [0.2, 0.25) is 5.79 Å². The number of rotatable bonds is 26. The van der Waals surface area contributed by atoms with Crippen LogP contribution in [0.5, 0.6) is 17.2 Å². The molecular weight excluding hydrogens is 968 g/mol. The number of hydrogen-bond acceptors (Lipinski definition) is 14. The minimum Gasteiger partial charge on any atom is -0.459 e. The Morgan fingerprint density at radius 3 is 2.24 bits per heavy atom. The molecule has 2 N–H and O–H groups in total. The predicted octanol–water partition coefficient (Wildman–Crippen LogP) is 11.1. The summed E-state index contributed by atoms with van der Waals surface area (Å²) < 4.78 is 47.3. The number of oxime groups is 1. The number of nitrogens with zero attached hydrogens (tertiary/aromatic N) is 4. The molecule has 75 heavy (non-hydrogen) atoms. The number of nitro groups is 2. The van der Waals surface area contributed by atoms with Crippen molar-refractivity contribution < 1.29 is 57.8 Å². The van der Waals surface area contributed by atoms with Crippen LogP contribution in [-0.2, 0) is 38.8 Å². The molecule has 0 aromatic heterocycles. The summed E-state index contributed by atoms with van der Waals surface area (Å²) in [4.78, 5) is 45.0. The maximum atomic E-state index is 15.0. The fourth-order valence-electron chi connectivity index (χ4n) is 10.5. The molecule has 2 aliphatic carbocycles. The summed E-state index contributed by atoms with van der Waals surface area (Å²) in [6, 6.07) is 31.5. The van der Waals surface area contributed by atoms with E-state index >= 15 is 4.79 Å². The molecule has 6 atom stereocenters. The highest BCUT2D eigenvalue weighted by atomic mass is 19.1. The zero-order chi connectivity index (χ0) is 52.7. The van der Waals surface area contributed by atoms with E-state index in [0.717, 1.165) is 16.7 Å². The van der Waals surface area contributed by atoms with Crippen LogP contribution < -0.4 is 9.47 Å². The smallest absolute Gasteiger partial charge is 0.410 e. The molecular formula is C57H61FN4O13. The van der Waals surface area contributed by atoms with Crippen molar-refractivity contribution in [3.05, 3.63) is 194 Å². The first-order valence-electron chi connectivity index (χ1n) is 25.2. The summed E-state index contributed by atoms with van der Waals surface area (Å²) in [6.07, 6.45) is 6.79. The lowest BCUT2D eigenvalue weighted by Gasteiger charge is -2.59. The van der Waals surface area contributed by atoms with Crippen LogP contribution in [0.3, 0.4) is 0 Å². The highest BCUT2D eigenvalue weighted by molar-refractivity contribution is 6.03. The number of hydrogen-bond donors (Lipinski definition) is 2. The lowest BCUT2D eigenvalue weighted by molar-refractivity contribution is -0.385. The predicted molar refractivity (Wildman–Crippen MR) is 275 cm³/mol. The van der Waals surface area contributed by atoms with Gasteiger partial charge in [0.25, 0.3) is 11.4 Å². The van der Waals surface area contributed by atoms with Gasteiger partial charge in [-0.15, -0.1) is 6.58 Å². The number of ether oxygens (including phenoxy) is 5. The van der Waals surface area contributed by atoms with Gasteiger partial charge in [0.05, 0.1) is 47.4 Å². The largest absolute Gasteiger partial charge is 0.459 e. The second kappa shape index (κ2) is 25.6. The Morgan fingerprint density at radius 1 is 0.813 bits per heavy atom. The minimum atomic E-state index is -1.70. The van der Waals surface area contributed by atoms with E-state index in [1.54, 1.807) is 54.6 Å². The third-order valence-corrected chi connectivity index (χ3v) is 13.9. The number of allylic oxidation sites excluding steroid dienone is 1. The molecule has 6 unspecified atom stereocenters. The molecule has 0 saturated heterocycles. The maximum absolute atomic E-state index is 15.0. The van der Waals surface area contributed by atoms with Gasteiger partial charge in [0.15, 0.2) is 0 Å². The zero-order valence-electron chi connectivity index (χ0n) is 41.5. The minimum absolute atomic E-state index is 0.00205. The Balaban J connectivity index is 1.29. The summed E-state index contributed by atoms with van der Waals surface area (Å²) in [5.74, 6) is -2.61. The Morgan fingerprint density at radius 2 is 1.52 bits per heavy atom. The van der Waals surface area contributed by atoms with Crippen LogP contribution in [0.1, 0.15) is 73.1 Å². The van der Waals surface area contributed by atoms with Crippen molar-refractivity contribution in [3.63, 3.8) is 0 Å². The van der Waals surface area contributed by atoms with Crippen molar-refractivity contribution in [2.75, 3.05) is 33.0 Å². The number of unbranched alkanes of at least 4 members (excludes halogenated alkanes) is 2. The van der Waals surface area contributed by atoms with Crippen molar-refractivity contribution in [1.82, 2.24) is 4.90 Å². The molecule has 0 bridgehead atoms. The molecule has 8 rings (SSSR count). The monoisotopic (exact) mass is 1030 g/mol. The van der Waals surface area contributed by atoms with E-state index in [1.807, 2.05) is 36.4 Å². The molecule has 18 heteroatoms. The average molecular weight is 1030 g/mol. The van der Waals surface area contributed by atoms with Crippen LogP contribution >= 0.6 is 0 Å². The quantitative estimate of drug-likeness (QED) is 0.0228. The molecule has 1 aliphatic heterocycles. The summed E-state index contributed by atoms with van der Waals surface area (Å²) in [7, 11) is 0. The van der Waals surface area contributed by atoms with E-state index in [9.17, 15) is 34.8 Å². The van der Waals surface area contributed by atoms with E-state index in [4.69, 9.17) is 33.7 Å². The number of carbonyl (C=O) groups is 1. The fraction of sp³-hybridized carbons (Fsp3) is 0.368. The number of benzene rings is 5. The standard InChI is InChI=1S/C57H61FN4O13/c1-2-29-72-57-53(60(36-39-17-21-43(58)22-18-39)56(65)71-31-30-70-37-40-11-4-3-5-12-40)35-51(59-73-38-41-19-23-44(24-20-41)61(66)67)49-32-42(13-6-8-27-63)48(16-7-9-28-64)54(55(49)57)50-34-47(25-26-52(50)75-57)74-46-15-10-14-45(33-46)62(68)69/h2-5,10-12,14-15,17-26,32-34,42,48,53-55,63-64H,1,6-9,13,16,27-31,35-38H2. The Bertz CT molecular complexity index is 2810. The molecule has 5 aromatic carbocycles. The van der Waals surface area contributed by atoms with Crippen molar-refractivity contribution in [3.8, 4) is 17.2 Å². The molecule has 394 valence electrons. The van der Waals surface area contributed by atoms with Crippen LogP contribution in [0, 0.1) is 43.8 Å². The van der Waals surface area contributed by atoms with E-state index in [2.05, 4.69) is 12.7 Å². The van der Waals surface area contributed by atoms with Crippen molar-refractivity contribution in [2.45, 2.75) is 82.5 Å². The number of fused-ring (bicyclic) bond motifs is 2. The molecule has 1 heterocycles. The average Bonchev–Trinajstić information content (AvgIpc) is 3.50. The van der Waals surface area contributed by atoms with E-state index in [-0.39, 0.29) is 81.6 Å². The van der Waals surface area contributed by atoms with Gasteiger partial charge in [0.1, 0.15) is 42.3 Å². The zero-order valence-corrected chi connectivity index (χ0v) is 41.5. The topological polar surface area (TPSA) is 215 Å². The van der Waals surface area contributed by atoms with Crippen LogP contribution in [0.2, 0.25) is 0 Å². The molecule has 0 radical (unpaired) electrons. The molecule has 0 spiro atoms. The first-order valence-corrected chi connectivity index (χ1v) is 25.2. The summed E-state index contributed by atoms with van der Waals surface area (Å²) in [5.41, 5.74) is 3.85. The van der Waals surface area contributed by atoms with Gasteiger partial charge in [0, 0.05) is 55.9 Å². The number of halogens is 1. The van der Waals surface area contributed by atoms with Gasteiger partial charge in [-0.2, -0.15) is 0 Å². The van der Waals surface area contributed by atoms with Crippen LogP contribution in [0.25, 0.3) is 0 Å². The third kappa shape index (κ3) is 13.1. The van der Waals surface area contributed by atoms with Crippen LogP contribution in [0.4, 0.5) is 20.6 Å².